The van der Waals surface area contributed by atoms with E-state index in [1.165, 1.54) is 13.8 Å². The molecule has 4 aromatic rings. The maximum absolute atomic E-state index is 13.1. The third-order valence-corrected chi connectivity index (χ3v) is 5.10. The first-order valence-electron chi connectivity index (χ1n) is 10.2. The number of carbonyl (C=O) groups excluding carboxylic acids is 3. The first-order chi connectivity index (χ1) is 15.4. The minimum atomic E-state index is -1.00. The monoisotopic (exact) mass is 426 g/mol. The van der Waals surface area contributed by atoms with Crippen LogP contribution in [0.1, 0.15) is 24.2 Å². The molecule has 2 amide bonds. The van der Waals surface area contributed by atoms with Gasteiger partial charge in [-0.25, -0.2) is 4.79 Å². The Bertz CT molecular complexity index is 1280. The largest absolute Gasteiger partial charge is 0.449 e. The summed E-state index contributed by atoms with van der Waals surface area (Å²) >= 11 is 0. The molecule has 0 unspecified atom stereocenters. The third kappa shape index (κ3) is 4.44. The van der Waals surface area contributed by atoms with Crippen molar-refractivity contribution in [2.75, 3.05) is 10.6 Å². The number of carbonyl (C=O) groups is 3. The fraction of sp³-hybridized carbons (Fsp3) is 0.115. The molecule has 4 rings (SSSR count). The fourth-order valence-corrected chi connectivity index (χ4v) is 3.59. The van der Waals surface area contributed by atoms with E-state index in [4.69, 9.17) is 4.74 Å². The molecule has 0 saturated heterocycles. The molecule has 32 heavy (non-hydrogen) atoms. The van der Waals surface area contributed by atoms with E-state index in [1.54, 1.807) is 24.3 Å². The van der Waals surface area contributed by atoms with Crippen molar-refractivity contribution in [3.8, 4) is 0 Å². The van der Waals surface area contributed by atoms with Crippen molar-refractivity contribution in [2.45, 2.75) is 20.0 Å². The molecule has 6 nitrogen and oxygen atoms in total. The van der Waals surface area contributed by atoms with Crippen LogP contribution in [-0.4, -0.2) is 23.9 Å². The van der Waals surface area contributed by atoms with Crippen LogP contribution in [-0.2, 0) is 14.3 Å². The minimum absolute atomic E-state index is 0.178. The number of fused-ring (bicyclic) bond motifs is 2. The molecule has 0 aliphatic rings. The molecule has 1 atom stereocenters. The van der Waals surface area contributed by atoms with Gasteiger partial charge in [-0.15, -0.1) is 0 Å². The summed E-state index contributed by atoms with van der Waals surface area (Å²) in [6.07, 6.45) is -1.00. The molecule has 160 valence electrons. The predicted octanol–water partition coefficient (Wildman–Crippen LogP) is 5.14. The summed E-state index contributed by atoms with van der Waals surface area (Å²) in [5, 5.41) is 8.79. The lowest BCUT2D eigenvalue weighted by molar-refractivity contribution is -0.123. The number of hydrogen-bond acceptors (Lipinski definition) is 4. The first kappa shape index (κ1) is 21.1. The minimum Gasteiger partial charge on any atom is -0.449 e. The number of amides is 2. The van der Waals surface area contributed by atoms with Gasteiger partial charge in [-0.3, -0.25) is 9.59 Å². The highest BCUT2D eigenvalue weighted by Gasteiger charge is 2.22. The van der Waals surface area contributed by atoms with Gasteiger partial charge in [0.15, 0.2) is 6.10 Å². The van der Waals surface area contributed by atoms with Gasteiger partial charge in [0.25, 0.3) is 5.91 Å². The van der Waals surface area contributed by atoms with Gasteiger partial charge in [0.2, 0.25) is 5.91 Å². The second kappa shape index (κ2) is 8.89. The topological polar surface area (TPSA) is 84.5 Å². The Labute approximate surface area is 185 Å². The Kier molecular flexibility index (Phi) is 5.85. The molecule has 4 aromatic carbocycles. The lowest BCUT2D eigenvalue weighted by Crippen LogP contribution is -2.30. The number of ether oxygens (including phenoxy) is 1. The Morgan fingerprint density at radius 1 is 0.750 bits per heavy atom. The molecule has 0 bridgehead atoms. The molecule has 0 fully saturated rings. The van der Waals surface area contributed by atoms with E-state index < -0.39 is 18.0 Å². The summed E-state index contributed by atoms with van der Waals surface area (Å²) in [5.41, 5.74) is 1.60. The average Bonchev–Trinajstić information content (AvgIpc) is 2.78. The van der Waals surface area contributed by atoms with Crippen LogP contribution in [0, 0.1) is 0 Å². The normalized spacial score (nSPS) is 11.7. The summed E-state index contributed by atoms with van der Waals surface area (Å²) in [6, 6.07) is 23.9. The van der Waals surface area contributed by atoms with Gasteiger partial charge < -0.3 is 15.4 Å². The summed E-state index contributed by atoms with van der Waals surface area (Å²) in [5.74, 6) is -1.18. The van der Waals surface area contributed by atoms with E-state index in [9.17, 15) is 14.4 Å². The zero-order valence-corrected chi connectivity index (χ0v) is 17.7. The molecular formula is C26H22N2O4. The molecular weight excluding hydrogens is 404 g/mol. The van der Waals surface area contributed by atoms with Crippen LogP contribution in [0.15, 0.2) is 78.9 Å². The number of benzene rings is 4. The van der Waals surface area contributed by atoms with Gasteiger partial charge in [-0.05, 0) is 58.8 Å². The van der Waals surface area contributed by atoms with E-state index in [0.29, 0.717) is 16.9 Å². The molecule has 0 spiro atoms. The number of nitrogens with one attached hydrogen (secondary N) is 2. The zero-order valence-electron chi connectivity index (χ0n) is 17.7. The second-order valence-electron chi connectivity index (χ2n) is 7.49. The Morgan fingerprint density at radius 2 is 1.25 bits per heavy atom. The van der Waals surface area contributed by atoms with Gasteiger partial charge in [0.1, 0.15) is 0 Å². The van der Waals surface area contributed by atoms with Crippen LogP contribution in [0.2, 0.25) is 0 Å². The van der Waals surface area contributed by atoms with E-state index in [1.807, 2.05) is 54.6 Å². The maximum Gasteiger partial charge on any atom is 0.340 e. The van der Waals surface area contributed by atoms with Crippen LogP contribution < -0.4 is 10.6 Å². The van der Waals surface area contributed by atoms with Crippen molar-refractivity contribution in [1.29, 1.82) is 0 Å². The lowest BCUT2D eigenvalue weighted by Gasteiger charge is -2.16. The van der Waals surface area contributed by atoms with Crippen LogP contribution in [0.3, 0.4) is 0 Å². The standard InChI is InChI=1S/C26H22N2O4/c1-16(25(30)28-21-13-11-20(12-14-21)27-17(2)29)32-26(31)24-22-9-5-3-7-18(22)15-19-8-4-6-10-23(19)24/h3-16H,1-2H3,(H,27,29)(H,28,30)/t16-/m0/s1. The van der Waals surface area contributed by atoms with Crippen molar-refractivity contribution >= 4 is 50.7 Å². The smallest absolute Gasteiger partial charge is 0.340 e. The van der Waals surface area contributed by atoms with Crippen LogP contribution in [0.4, 0.5) is 11.4 Å². The molecule has 0 aliphatic heterocycles. The van der Waals surface area contributed by atoms with Crippen molar-refractivity contribution in [1.82, 2.24) is 0 Å². The highest BCUT2D eigenvalue weighted by atomic mass is 16.5. The zero-order chi connectivity index (χ0) is 22.7. The lowest BCUT2D eigenvalue weighted by atomic mass is 9.97. The van der Waals surface area contributed by atoms with Gasteiger partial charge in [-0.1, -0.05) is 48.5 Å². The molecule has 0 aromatic heterocycles. The van der Waals surface area contributed by atoms with Gasteiger partial charge >= 0.3 is 5.97 Å². The van der Waals surface area contributed by atoms with Crippen molar-refractivity contribution < 1.29 is 19.1 Å². The summed E-state index contributed by atoms with van der Waals surface area (Å²) in [7, 11) is 0. The molecule has 2 N–H and O–H groups in total. The number of hydrogen-bond donors (Lipinski definition) is 2. The SMILES string of the molecule is CC(=O)Nc1ccc(NC(=O)[C@H](C)OC(=O)c2c3ccccc3cc3ccccc23)cc1. The Balaban J connectivity index is 1.54. The average molecular weight is 426 g/mol. The van der Waals surface area contributed by atoms with Crippen LogP contribution in [0.5, 0.6) is 0 Å². The van der Waals surface area contributed by atoms with E-state index in [-0.39, 0.29) is 5.91 Å². The quantitative estimate of drug-likeness (QED) is 0.342. The fourth-order valence-electron chi connectivity index (χ4n) is 3.59. The van der Waals surface area contributed by atoms with Gasteiger partial charge in [0, 0.05) is 18.3 Å². The van der Waals surface area contributed by atoms with Gasteiger partial charge in [-0.2, -0.15) is 0 Å². The first-order valence-corrected chi connectivity index (χ1v) is 10.2. The van der Waals surface area contributed by atoms with Crippen LogP contribution >= 0.6 is 0 Å². The molecule has 0 aliphatic carbocycles. The summed E-state index contributed by atoms with van der Waals surface area (Å²) < 4.78 is 5.56. The van der Waals surface area contributed by atoms with Gasteiger partial charge in [0.05, 0.1) is 5.56 Å². The Hall–Kier alpha value is -4.19. The third-order valence-electron chi connectivity index (χ3n) is 5.10. The molecule has 0 heterocycles. The Morgan fingerprint density at radius 3 is 1.78 bits per heavy atom. The van der Waals surface area contributed by atoms with E-state index >= 15 is 0 Å². The molecule has 0 saturated carbocycles. The molecule has 6 heteroatoms. The van der Waals surface area contributed by atoms with E-state index in [2.05, 4.69) is 10.6 Å². The van der Waals surface area contributed by atoms with Crippen molar-refractivity contribution in [3.63, 3.8) is 0 Å². The molecule has 0 radical (unpaired) electrons. The number of esters is 1. The maximum atomic E-state index is 13.1. The number of anilines is 2. The van der Waals surface area contributed by atoms with Crippen molar-refractivity contribution in [2.24, 2.45) is 0 Å². The highest BCUT2D eigenvalue weighted by molar-refractivity contribution is 6.17. The van der Waals surface area contributed by atoms with Crippen molar-refractivity contribution in [3.05, 3.63) is 84.4 Å². The second-order valence-corrected chi connectivity index (χ2v) is 7.49. The number of rotatable bonds is 5. The summed E-state index contributed by atoms with van der Waals surface area (Å²) in [4.78, 5) is 36.9. The highest BCUT2D eigenvalue weighted by Crippen LogP contribution is 2.29. The summed E-state index contributed by atoms with van der Waals surface area (Å²) in [6.45, 7) is 2.96. The predicted molar refractivity (Wildman–Crippen MR) is 126 cm³/mol. The van der Waals surface area contributed by atoms with E-state index in [0.717, 1.165) is 21.5 Å². The van der Waals surface area contributed by atoms with Crippen LogP contribution in [0.25, 0.3) is 21.5 Å².